The molecule has 18 heavy (non-hydrogen) atoms. The smallest absolute Gasteiger partial charge is 0.105 e. The van der Waals surface area contributed by atoms with Crippen molar-refractivity contribution in [2.75, 3.05) is 0 Å². The minimum atomic E-state index is 0.252. The zero-order valence-corrected chi connectivity index (χ0v) is 11.7. The maximum Gasteiger partial charge on any atom is 0.105 e. The molecule has 0 amide bonds. The number of furan rings is 1. The van der Waals surface area contributed by atoms with Gasteiger partial charge in [0.25, 0.3) is 0 Å². The summed E-state index contributed by atoms with van der Waals surface area (Å²) in [7, 11) is 1.96. The minimum Gasteiger partial charge on any atom is -0.466 e. The average Bonchev–Trinajstić information content (AvgIpc) is 2.84. The third-order valence-corrected chi connectivity index (χ3v) is 3.35. The highest BCUT2D eigenvalue weighted by atomic mass is 16.3. The molecule has 0 saturated heterocycles. The van der Waals surface area contributed by atoms with Crippen LogP contribution in [0.1, 0.15) is 48.7 Å². The van der Waals surface area contributed by atoms with Gasteiger partial charge in [0, 0.05) is 30.9 Å². The van der Waals surface area contributed by atoms with Crippen LogP contribution in [0.4, 0.5) is 0 Å². The number of aryl methyl sites for hydroxylation is 3. The van der Waals surface area contributed by atoms with Gasteiger partial charge < -0.3 is 9.73 Å². The molecule has 0 bridgehead atoms. The topological polar surface area (TPSA) is 43.0 Å². The highest BCUT2D eigenvalue weighted by molar-refractivity contribution is 5.24. The maximum atomic E-state index is 5.57. The predicted molar refractivity (Wildman–Crippen MR) is 71.4 cm³/mol. The standard InChI is InChI=1S/C14H21N3O/c1-9-8-13(12(4)18-9)10(2)16-11(3)14-6-7-15-17(14)5/h6-8,10-11,16H,1-5H3. The molecule has 0 aliphatic heterocycles. The number of aromatic nitrogens is 2. The zero-order chi connectivity index (χ0) is 13.3. The van der Waals surface area contributed by atoms with Crippen LogP contribution in [-0.2, 0) is 7.05 Å². The Morgan fingerprint density at radius 1 is 1.28 bits per heavy atom. The second-order valence-electron chi connectivity index (χ2n) is 4.86. The first-order valence-corrected chi connectivity index (χ1v) is 6.30. The van der Waals surface area contributed by atoms with Gasteiger partial charge in [0.15, 0.2) is 0 Å². The van der Waals surface area contributed by atoms with Crippen molar-refractivity contribution in [1.82, 2.24) is 15.1 Å². The summed E-state index contributed by atoms with van der Waals surface area (Å²) in [5.41, 5.74) is 2.40. The molecule has 0 aliphatic rings. The molecule has 2 rings (SSSR count). The normalized spacial score (nSPS) is 14.7. The summed E-state index contributed by atoms with van der Waals surface area (Å²) < 4.78 is 7.47. The predicted octanol–water partition coefficient (Wildman–Crippen LogP) is 3.04. The molecule has 1 N–H and O–H groups in total. The van der Waals surface area contributed by atoms with E-state index in [0.29, 0.717) is 0 Å². The van der Waals surface area contributed by atoms with E-state index in [1.54, 1.807) is 0 Å². The zero-order valence-electron chi connectivity index (χ0n) is 11.7. The Labute approximate surface area is 108 Å². The summed E-state index contributed by atoms with van der Waals surface area (Å²) in [5, 5.41) is 7.77. The molecule has 2 heterocycles. The van der Waals surface area contributed by atoms with Gasteiger partial charge in [-0.05, 0) is 39.8 Å². The quantitative estimate of drug-likeness (QED) is 0.903. The van der Waals surface area contributed by atoms with Crippen molar-refractivity contribution in [2.24, 2.45) is 7.05 Å². The molecule has 2 aromatic rings. The van der Waals surface area contributed by atoms with E-state index >= 15 is 0 Å². The molecule has 0 aromatic carbocycles. The van der Waals surface area contributed by atoms with E-state index in [1.807, 2.05) is 37.8 Å². The van der Waals surface area contributed by atoms with Crippen molar-refractivity contribution in [3.63, 3.8) is 0 Å². The SMILES string of the molecule is Cc1cc(C(C)NC(C)c2ccnn2C)c(C)o1. The number of nitrogens with one attached hydrogen (secondary N) is 1. The molecular weight excluding hydrogens is 226 g/mol. The summed E-state index contributed by atoms with van der Waals surface area (Å²) in [5.74, 6) is 1.95. The lowest BCUT2D eigenvalue weighted by Crippen LogP contribution is -2.24. The van der Waals surface area contributed by atoms with Gasteiger partial charge in [-0.15, -0.1) is 0 Å². The Morgan fingerprint density at radius 2 is 2.00 bits per heavy atom. The van der Waals surface area contributed by atoms with Gasteiger partial charge in [0.1, 0.15) is 11.5 Å². The highest BCUT2D eigenvalue weighted by Crippen LogP contribution is 2.24. The first-order chi connectivity index (χ1) is 8.49. The van der Waals surface area contributed by atoms with Crippen LogP contribution in [0.25, 0.3) is 0 Å². The molecule has 4 nitrogen and oxygen atoms in total. The van der Waals surface area contributed by atoms with Gasteiger partial charge >= 0.3 is 0 Å². The first-order valence-electron chi connectivity index (χ1n) is 6.30. The van der Waals surface area contributed by atoms with Crippen LogP contribution in [-0.4, -0.2) is 9.78 Å². The number of rotatable bonds is 4. The fourth-order valence-corrected chi connectivity index (χ4v) is 2.44. The Balaban J connectivity index is 2.10. The van der Waals surface area contributed by atoms with Crippen LogP contribution in [0.2, 0.25) is 0 Å². The third kappa shape index (κ3) is 2.48. The van der Waals surface area contributed by atoms with Crippen LogP contribution in [0.3, 0.4) is 0 Å². The molecule has 0 radical (unpaired) electrons. The lowest BCUT2D eigenvalue weighted by atomic mass is 10.1. The minimum absolute atomic E-state index is 0.252. The summed E-state index contributed by atoms with van der Waals surface area (Å²) >= 11 is 0. The van der Waals surface area contributed by atoms with Crippen LogP contribution in [0.15, 0.2) is 22.7 Å². The van der Waals surface area contributed by atoms with E-state index in [-0.39, 0.29) is 12.1 Å². The van der Waals surface area contributed by atoms with Crippen molar-refractivity contribution in [2.45, 2.75) is 39.8 Å². The van der Waals surface area contributed by atoms with Gasteiger partial charge in [0.2, 0.25) is 0 Å². The fraction of sp³-hybridized carbons (Fsp3) is 0.500. The molecule has 4 heteroatoms. The first kappa shape index (κ1) is 12.9. The van der Waals surface area contributed by atoms with E-state index in [1.165, 1.54) is 11.3 Å². The van der Waals surface area contributed by atoms with E-state index in [0.717, 1.165) is 11.5 Å². The van der Waals surface area contributed by atoms with Crippen molar-refractivity contribution in [1.29, 1.82) is 0 Å². The third-order valence-electron chi connectivity index (χ3n) is 3.35. The molecule has 2 unspecified atom stereocenters. The highest BCUT2D eigenvalue weighted by Gasteiger charge is 2.17. The van der Waals surface area contributed by atoms with Gasteiger partial charge in [-0.3, -0.25) is 4.68 Å². The lowest BCUT2D eigenvalue weighted by Gasteiger charge is -2.20. The Kier molecular flexibility index (Phi) is 3.57. The van der Waals surface area contributed by atoms with Gasteiger partial charge in [-0.25, -0.2) is 0 Å². The second kappa shape index (κ2) is 4.98. The van der Waals surface area contributed by atoms with E-state index < -0.39 is 0 Å². The van der Waals surface area contributed by atoms with Gasteiger partial charge in [0.05, 0.1) is 5.69 Å². The van der Waals surface area contributed by atoms with Crippen LogP contribution in [0, 0.1) is 13.8 Å². The summed E-state index contributed by atoms with van der Waals surface area (Å²) in [6, 6.07) is 4.65. The molecular formula is C14H21N3O. The molecule has 2 atom stereocenters. The summed E-state index contributed by atoms with van der Waals surface area (Å²) in [6.07, 6.45) is 1.82. The van der Waals surface area contributed by atoms with Gasteiger partial charge in [-0.1, -0.05) is 0 Å². The fourth-order valence-electron chi connectivity index (χ4n) is 2.44. The van der Waals surface area contributed by atoms with E-state index in [2.05, 4.69) is 30.3 Å². The van der Waals surface area contributed by atoms with E-state index in [4.69, 9.17) is 4.42 Å². The molecule has 0 saturated carbocycles. The maximum absolute atomic E-state index is 5.57. The van der Waals surface area contributed by atoms with Crippen molar-refractivity contribution in [3.05, 3.63) is 41.1 Å². The molecule has 0 spiro atoms. The summed E-state index contributed by atoms with van der Waals surface area (Å²) in [4.78, 5) is 0. The average molecular weight is 247 g/mol. The lowest BCUT2D eigenvalue weighted by molar-refractivity contribution is 0.454. The monoisotopic (exact) mass is 247 g/mol. The molecule has 0 fully saturated rings. The number of nitrogens with zero attached hydrogens (tertiary/aromatic N) is 2. The summed E-state index contributed by atoms with van der Waals surface area (Å²) in [6.45, 7) is 8.29. The largest absolute Gasteiger partial charge is 0.466 e. The van der Waals surface area contributed by atoms with Gasteiger partial charge in [-0.2, -0.15) is 5.10 Å². The Bertz CT molecular complexity index is 527. The van der Waals surface area contributed by atoms with E-state index in [9.17, 15) is 0 Å². The Morgan fingerprint density at radius 3 is 2.50 bits per heavy atom. The van der Waals surface area contributed by atoms with Crippen LogP contribution >= 0.6 is 0 Å². The number of hydrogen-bond acceptors (Lipinski definition) is 3. The van der Waals surface area contributed by atoms with Crippen molar-refractivity contribution < 1.29 is 4.42 Å². The molecule has 98 valence electrons. The van der Waals surface area contributed by atoms with Crippen LogP contribution in [0.5, 0.6) is 0 Å². The molecule has 0 aliphatic carbocycles. The second-order valence-corrected chi connectivity index (χ2v) is 4.86. The Hall–Kier alpha value is -1.55. The van der Waals surface area contributed by atoms with Crippen LogP contribution < -0.4 is 5.32 Å². The number of hydrogen-bond donors (Lipinski definition) is 1. The van der Waals surface area contributed by atoms with Crippen molar-refractivity contribution >= 4 is 0 Å². The molecule has 2 aromatic heterocycles. The van der Waals surface area contributed by atoms with Crippen molar-refractivity contribution in [3.8, 4) is 0 Å².